The average molecular weight is 567 g/mol. The van der Waals surface area contributed by atoms with E-state index in [2.05, 4.69) is 34.2 Å². The summed E-state index contributed by atoms with van der Waals surface area (Å²) in [6, 6.07) is 24.0. The van der Waals surface area contributed by atoms with Gasteiger partial charge in [-0.3, -0.25) is 9.97 Å². The predicted molar refractivity (Wildman–Crippen MR) is 171 cm³/mol. The van der Waals surface area contributed by atoms with Crippen molar-refractivity contribution >= 4 is 76.5 Å². The molecule has 6 heterocycles. The SMILES string of the molecule is c1ccc2c(c1)c1cnc(-c3ccc4oc5ccncc5c4c3)nc1c1nc(-c3ccc4oc5ccncc5c4c3)ncc21. The fraction of sp³-hybridized carbons (Fsp3) is 0. The quantitative estimate of drug-likeness (QED) is 0.192. The van der Waals surface area contributed by atoms with E-state index in [1.54, 1.807) is 12.4 Å². The Morgan fingerprint density at radius 3 is 1.39 bits per heavy atom. The molecule has 44 heavy (non-hydrogen) atoms. The van der Waals surface area contributed by atoms with E-state index >= 15 is 0 Å². The van der Waals surface area contributed by atoms with Crippen molar-refractivity contribution in [2.24, 2.45) is 0 Å². The van der Waals surface area contributed by atoms with Crippen molar-refractivity contribution < 1.29 is 8.83 Å². The number of nitrogens with zero attached hydrogens (tertiary/aromatic N) is 6. The lowest BCUT2D eigenvalue weighted by Gasteiger charge is -2.11. The Morgan fingerprint density at radius 2 is 0.886 bits per heavy atom. The molecule has 4 aromatic carbocycles. The Bertz CT molecular complexity index is 2610. The lowest BCUT2D eigenvalue weighted by Crippen LogP contribution is -1.96. The summed E-state index contributed by atoms with van der Waals surface area (Å²) in [5, 5.41) is 7.83. The van der Waals surface area contributed by atoms with Crippen LogP contribution in [0.3, 0.4) is 0 Å². The zero-order chi connectivity index (χ0) is 28.8. The molecule has 204 valence electrons. The molecule has 0 fully saturated rings. The molecule has 8 heteroatoms. The normalized spacial score (nSPS) is 12.1. The number of fused-ring (bicyclic) bond motifs is 12. The molecule has 0 radical (unpaired) electrons. The van der Waals surface area contributed by atoms with Gasteiger partial charge in [0.05, 0.1) is 0 Å². The molecule has 0 aliphatic carbocycles. The molecule has 6 aromatic heterocycles. The number of benzene rings is 4. The van der Waals surface area contributed by atoms with Gasteiger partial charge in [0, 0.05) is 80.6 Å². The number of rotatable bonds is 2. The molecule has 10 rings (SSSR count). The van der Waals surface area contributed by atoms with Gasteiger partial charge in [0.15, 0.2) is 11.6 Å². The highest BCUT2D eigenvalue weighted by Gasteiger charge is 2.17. The zero-order valence-electron chi connectivity index (χ0n) is 22.9. The summed E-state index contributed by atoms with van der Waals surface area (Å²) in [5.41, 5.74) is 6.49. The maximum atomic E-state index is 6.01. The van der Waals surface area contributed by atoms with Crippen LogP contribution in [0.5, 0.6) is 0 Å². The molecule has 0 bridgehead atoms. The highest BCUT2D eigenvalue weighted by molar-refractivity contribution is 6.23. The van der Waals surface area contributed by atoms with Gasteiger partial charge in [0.25, 0.3) is 0 Å². The lowest BCUT2D eigenvalue weighted by atomic mass is 10.0. The minimum absolute atomic E-state index is 0.605. The molecule has 0 saturated heterocycles. The van der Waals surface area contributed by atoms with Gasteiger partial charge in [-0.15, -0.1) is 0 Å². The van der Waals surface area contributed by atoms with Crippen LogP contribution >= 0.6 is 0 Å². The summed E-state index contributed by atoms with van der Waals surface area (Å²) >= 11 is 0. The first kappa shape index (κ1) is 23.3. The van der Waals surface area contributed by atoms with Gasteiger partial charge < -0.3 is 8.83 Å². The molecular formula is C36H18N6O2. The standard InChI is InChI=1S/C36H18N6O2/c1-2-4-22-21(3-1)27-17-39-35(19-5-7-29-23(13-19)25-15-37-11-9-31(25)43-29)41-33(27)34-28(22)18-40-36(42-34)20-6-8-30-24(14-20)26-16-38-12-10-32(26)44-30/h1-18H. The zero-order valence-corrected chi connectivity index (χ0v) is 22.9. The first-order valence-electron chi connectivity index (χ1n) is 14.2. The summed E-state index contributed by atoms with van der Waals surface area (Å²) < 4.78 is 12.0. The second-order valence-electron chi connectivity index (χ2n) is 10.8. The van der Waals surface area contributed by atoms with E-state index in [-0.39, 0.29) is 0 Å². The van der Waals surface area contributed by atoms with Gasteiger partial charge in [0.1, 0.15) is 33.4 Å². The molecule has 0 aliphatic heterocycles. The minimum atomic E-state index is 0.605. The van der Waals surface area contributed by atoms with Crippen LogP contribution in [0.4, 0.5) is 0 Å². The van der Waals surface area contributed by atoms with E-state index in [1.807, 2.05) is 73.3 Å². The van der Waals surface area contributed by atoms with Gasteiger partial charge in [-0.2, -0.15) is 0 Å². The van der Waals surface area contributed by atoms with Crippen LogP contribution in [0.15, 0.2) is 119 Å². The molecule has 0 spiro atoms. The Labute approximate surface area is 247 Å². The van der Waals surface area contributed by atoms with Crippen molar-refractivity contribution in [1.29, 1.82) is 0 Å². The molecule has 0 N–H and O–H groups in total. The second kappa shape index (κ2) is 8.62. The Hall–Kier alpha value is -6.28. The molecule has 0 amide bonds. The van der Waals surface area contributed by atoms with Crippen LogP contribution < -0.4 is 0 Å². The predicted octanol–water partition coefficient (Wildman–Crippen LogP) is 8.65. The summed E-state index contributed by atoms with van der Waals surface area (Å²) in [5.74, 6) is 1.21. The van der Waals surface area contributed by atoms with Gasteiger partial charge >= 0.3 is 0 Å². The highest BCUT2D eigenvalue weighted by atomic mass is 16.3. The van der Waals surface area contributed by atoms with Crippen LogP contribution in [-0.2, 0) is 0 Å². The monoisotopic (exact) mass is 566 g/mol. The molecular weight excluding hydrogens is 548 g/mol. The fourth-order valence-electron chi connectivity index (χ4n) is 6.27. The number of aromatic nitrogens is 6. The first-order valence-corrected chi connectivity index (χ1v) is 14.2. The summed E-state index contributed by atoms with van der Waals surface area (Å²) in [4.78, 5) is 28.5. The summed E-state index contributed by atoms with van der Waals surface area (Å²) in [7, 11) is 0. The molecule has 10 aromatic rings. The Morgan fingerprint density at radius 1 is 0.409 bits per heavy atom. The number of furan rings is 2. The maximum Gasteiger partial charge on any atom is 0.159 e. The Kier molecular flexibility index (Phi) is 4.57. The van der Waals surface area contributed by atoms with Gasteiger partial charge in [-0.25, -0.2) is 19.9 Å². The average Bonchev–Trinajstić information content (AvgIpc) is 3.65. The third kappa shape index (κ3) is 3.27. The van der Waals surface area contributed by atoms with Crippen LogP contribution in [-0.4, -0.2) is 29.9 Å². The largest absolute Gasteiger partial charge is 0.456 e. The fourth-order valence-corrected chi connectivity index (χ4v) is 6.27. The number of hydrogen-bond acceptors (Lipinski definition) is 8. The highest BCUT2D eigenvalue weighted by Crippen LogP contribution is 2.37. The van der Waals surface area contributed by atoms with Crippen LogP contribution in [0.1, 0.15) is 0 Å². The third-order valence-electron chi connectivity index (χ3n) is 8.37. The smallest absolute Gasteiger partial charge is 0.159 e. The van der Waals surface area contributed by atoms with Crippen LogP contribution in [0.25, 0.3) is 99.2 Å². The molecule has 0 aliphatic rings. The van der Waals surface area contributed by atoms with Crippen molar-refractivity contribution in [3.05, 3.63) is 110 Å². The Balaban J connectivity index is 1.22. The van der Waals surface area contributed by atoms with E-state index in [1.165, 1.54) is 0 Å². The molecule has 0 saturated carbocycles. The van der Waals surface area contributed by atoms with E-state index in [0.717, 1.165) is 87.6 Å². The number of pyridine rings is 2. The van der Waals surface area contributed by atoms with Gasteiger partial charge in [-0.1, -0.05) is 24.3 Å². The van der Waals surface area contributed by atoms with Crippen molar-refractivity contribution in [2.75, 3.05) is 0 Å². The topological polar surface area (TPSA) is 104 Å². The summed E-state index contributed by atoms with van der Waals surface area (Å²) in [6.45, 7) is 0. The van der Waals surface area contributed by atoms with E-state index in [4.69, 9.17) is 28.8 Å². The van der Waals surface area contributed by atoms with Crippen LogP contribution in [0, 0.1) is 0 Å². The maximum absolute atomic E-state index is 6.01. The molecule has 8 nitrogen and oxygen atoms in total. The third-order valence-corrected chi connectivity index (χ3v) is 8.37. The van der Waals surface area contributed by atoms with Gasteiger partial charge in [-0.05, 0) is 59.3 Å². The van der Waals surface area contributed by atoms with E-state index < -0.39 is 0 Å². The van der Waals surface area contributed by atoms with E-state index in [0.29, 0.717) is 11.6 Å². The first-order chi connectivity index (χ1) is 21.8. The van der Waals surface area contributed by atoms with E-state index in [9.17, 15) is 0 Å². The van der Waals surface area contributed by atoms with Crippen molar-refractivity contribution in [3.63, 3.8) is 0 Å². The number of hydrogen-bond donors (Lipinski definition) is 0. The van der Waals surface area contributed by atoms with Crippen molar-refractivity contribution in [3.8, 4) is 22.8 Å². The molecule has 0 unspecified atom stereocenters. The minimum Gasteiger partial charge on any atom is -0.456 e. The van der Waals surface area contributed by atoms with Gasteiger partial charge in [0.2, 0.25) is 0 Å². The molecule has 0 atom stereocenters. The lowest BCUT2D eigenvalue weighted by molar-refractivity contribution is 0.668. The van der Waals surface area contributed by atoms with Crippen molar-refractivity contribution in [2.45, 2.75) is 0 Å². The second-order valence-corrected chi connectivity index (χ2v) is 10.8. The van der Waals surface area contributed by atoms with Crippen LogP contribution in [0.2, 0.25) is 0 Å². The summed E-state index contributed by atoms with van der Waals surface area (Å²) in [6.07, 6.45) is 10.9. The van der Waals surface area contributed by atoms with Crippen molar-refractivity contribution in [1.82, 2.24) is 29.9 Å².